The Labute approximate surface area is 202 Å². The third-order valence-electron chi connectivity index (χ3n) is 5.81. The summed E-state index contributed by atoms with van der Waals surface area (Å²) >= 11 is 6.04. The van der Waals surface area contributed by atoms with Gasteiger partial charge in [0.15, 0.2) is 0 Å². The lowest BCUT2D eigenvalue weighted by Crippen LogP contribution is -2.38. The van der Waals surface area contributed by atoms with Crippen molar-refractivity contribution in [3.05, 3.63) is 76.3 Å². The number of rotatable bonds is 8. The lowest BCUT2D eigenvalue weighted by atomic mass is 9.75. The molecule has 0 fully saturated rings. The summed E-state index contributed by atoms with van der Waals surface area (Å²) in [5.41, 5.74) is -0.361. The first-order valence-corrected chi connectivity index (χ1v) is 11.0. The number of hydrogen-bond acceptors (Lipinski definition) is 6. The number of aromatic nitrogens is 5. The van der Waals surface area contributed by atoms with E-state index >= 15 is 0 Å². The molecule has 0 aliphatic rings. The van der Waals surface area contributed by atoms with Gasteiger partial charge < -0.3 is 10.4 Å². The predicted octanol–water partition coefficient (Wildman–Crippen LogP) is 4.86. The Bertz CT molecular complexity index is 1360. The highest BCUT2D eigenvalue weighted by atomic mass is 35.5. The fourth-order valence-corrected chi connectivity index (χ4v) is 4.24. The first kappa shape index (κ1) is 24.4. The van der Waals surface area contributed by atoms with Gasteiger partial charge in [0, 0.05) is 24.0 Å². The Morgan fingerprint density at radius 3 is 2.60 bits per heavy atom. The number of carbonyl (C=O) groups is 1. The standard InChI is InChI=1S/C23H20ClF3N6O2/c1-2-22(20(34)35,15-4-3-8-28-11-15)19-18-17(12-30-33-18)31-21(32-19)29-9-7-13-5-6-14(10-16(13)24)23(25,26)27/h3-6,8,10-12H,2,7,9H2,1H3,(H,30,33)(H,34,35)(H,29,31,32). The van der Waals surface area contributed by atoms with Crippen LogP contribution in [-0.2, 0) is 22.8 Å². The molecular weight excluding hydrogens is 485 g/mol. The lowest BCUT2D eigenvalue weighted by molar-refractivity contribution is -0.142. The summed E-state index contributed by atoms with van der Waals surface area (Å²) in [4.78, 5) is 25.6. The van der Waals surface area contributed by atoms with Gasteiger partial charge in [-0.3, -0.25) is 14.9 Å². The van der Waals surface area contributed by atoms with Crippen LogP contribution in [0, 0.1) is 0 Å². The van der Waals surface area contributed by atoms with Gasteiger partial charge in [-0.1, -0.05) is 30.7 Å². The molecular formula is C23H20ClF3N6O2. The molecule has 0 bridgehead atoms. The average Bonchev–Trinajstić information content (AvgIpc) is 3.29. The summed E-state index contributed by atoms with van der Waals surface area (Å²) in [5.74, 6) is -0.954. The number of pyridine rings is 1. The molecule has 12 heteroatoms. The largest absolute Gasteiger partial charge is 0.480 e. The number of nitrogens with one attached hydrogen (secondary N) is 2. The Morgan fingerprint density at radius 1 is 1.17 bits per heavy atom. The minimum atomic E-state index is -4.48. The molecule has 4 rings (SSSR count). The highest BCUT2D eigenvalue weighted by molar-refractivity contribution is 6.31. The van der Waals surface area contributed by atoms with Crippen molar-refractivity contribution in [3.63, 3.8) is 0 Å². The Morgan fingerprint density at radius 2 is 1.97 bits per heavy atom. The molecule has 8 nitrogen and oxygen atoms in total. The van der Waals surface area contributed by atoms with Gasteiger partial charge >= 0.3 is 12.1 Å². The molecule has 1 aromatic carbocycles. The number of H-pyrrole nitrogens is 1. The molecule has 0 aliphatic heterocycles. The van der Waals surface area contributed by atoms with Crippen LogP contribution in [0.1, 0.15) is 35.7 Å². The predicted molar refractivity (Wildman–Crippen MR) is 123 cm³/mol. The molecule has 4 aromatic rings. The van der Waals surface area contributed by atoms with E-state index in [-0.39, 0.29) is 29.6 Å². The highest BCUT2D eigenvalue weighted by Gasteiger charge is 2.44. The fraction of sp³-hybridized carbons (Fsp3) is 0.261. The van der Waals surface area contributed by atoms with Gasteiger partial charge in [-0.25, -0.2) is 9.97 Å². The number of carboxylic acid groups (broad SMARTS) is 1. The lowest BCUT2D eigenvalue weighted by Gasteiger charge is -2.28. The maximum absolute atomic E-state index is 12.9. The fourth-order valence-electron chi connectivity index (χ4n) is 3.96. The number of anilines is 1. The van der Waals surface area contributed by atoms with E-state index in [2.05, 4.69) is 30.5 Å². The number of halogens is 4. The minimum Gasteiger partial charge on any atom is -0.480 e. The van der Waals surface area contributed by atoms with Crippen molar-refractivity contribution >= 4 is 34.6 Å². The first-order chi connectivity index (χ1) is 16.7. The average molecular weight is 505 g/mol. The summed E-state index contributed by atoms with van der Waals surface area (Å²) in [7, 11) is 0. The Kier molecular flexibility index (Phi) is 6.62. The van der Waals surface area contributed by atoms with Crippen molar-refractivity contribution in [1.82, 2.24) is 25.1 Å². The highest BCUT2D eigenvalue weighted by Crippen LogP contribution is 2.38. The van der Waals surface area contributed by atoms with Crippen LogP contribution in [0.3, 0.4) is 0 Å². The molecule has 0 spiro atoms. The summed E-state index contributed by atoms with van der Waals surface area (Å²) in [6, 6.07) is 6.52. The molecule has 1 unspecified atom stereocenters. The molecule has 3 N–H and O–H groups in total. The second kappa shape index (κ2) is 9.49. The zero-order chi connectivity index (χ0) is 25.2. The number of benzene rings is 1. The maximum atomic E-state index is 12.9. The van der Waals surface area contributed by atoms with Crippen LogP contribution in [0.4, 0.5) is 19.1 Å². The van der Waals surface area contributed by atoms with E-state index in [9.17, 15) is 23.1 Å². The molecule has 0 aliphatic carbocycles. The van der Waals surface area contributed by atoms with Crippen LogP contribution in [0.25, 0.3) is 11.0 Å². The van der Waals surface area contributed by atoms with Gasteiger partial charge in [0.2, 0.25) is 5.95 Å². The molecule has 3 aromatic heterocycles. The SMILES string of the molecule is CCC(C(=O)O)(c1cccnc1)c1nc(NCCc2ccc(C(F)(F)F)cc2Cl)nc2cn[nH]c12. The number of aromatic amines is 1. The van der Waals surface area contributed by atoms with E-state index in [1.165, 1.54) is 18.5 Å². The third-order valence-corrected chi connectivity index (χ3v) is 6.16. The van der Waals surface area contributed by atoms with Crippen molar-refractivity contribution in [2.24, 2.45) is 0 Å². The van der Waals surface area contributed by atoms with Crippen LogP contribution in [-0.4, -0.2) is 42.8 Å². The molecule has 0 saturated carbocycles. The van der Waals surface area contributed by atoms with E-state index in [1.807, 2.05) is 0 Å². The van der Waals surface area contributed by atoms with Crippen LogP contribution in [0.2, 0.25) is 5.02 Å². The zero-order valence-electron chi connectivity index (χ0n) is 18.4. The second-order valence-electron chi connectivity index (χ2n) is 7.81. The number of carboxylic acids is 1. The number of hydrogen-bond donors (Lipinski definition) is 3. The van der Waals surface area contributed by atoms with Crippen LogP contribution in [0.5, 0.6) is 0 Å². The van der Waals surface area contributed by atoms with Gasteiger partial charge in [-0.2, -0.15) is 18.3 Å². The smallest absolute Gasteiger partial charge is 0.416 e. The zero-order valence-corrected chi connectivity index (χ0v) is 19.2. The molecule has 0 saturated heterocycles. The summed E-state index contributed by atoms with van der Waals surface area (Å²) < 4.78 is 38.6. The van der Waals surface area contributed by atoms with Crippen LogP contribution < -0.4 is 5.32 Å². The number of aliphatic carboxylic acids is 1. The topological polar surface area (TPSA) is 117 Å². The van der Waals surface area contributed by atoms with Gasteiger partial charge in [-0.05, 0) is 42.2 Å². The normalized spacial score (nSPS) is 13.5. The minimum absolute atomic E-state index is 0.000902. The third kappa shape index (κ3) is 4.63. The Balaban J connectivity index is 1.66. The maximum Gasteiger partial charge on any atom is 0.416 e. The van der Waals surface area contributed by atoms with E-state index in [0.29, 0.717) is 28.6 Å². The summed E-state index contributed by atoms with van der Waals surface area (Å²) in [5, 5.41) is 20.1. The summed E-state index contributed by atoms with van der Waals surface area (Å²) in [6.45, 7) is 1.98. The van der Waals surface area contributed by atoms with Crippen molar-refractivity contribution in [3.8, 4) is 0 Å². The van der Waals surface area contributed by atoms with E-state index in [4.69, 9.17) is 11.6 Å². The Hall–Kier alpha value is -3.73. The molecule has 0 amide bonds. The van der Waals surface area contributed by atoms with Crippen molar-refractivity contribution in [1.29, 1.82) is 0 Å². The number of alkyl halides is 3. The quantitative estimate of drug-likeness (QED) is 0.314. The van der Waals surface area contributed by atoms with E-state index in [0.717, 1.165) is 12.1 Å². The second-order valence-corrected chi connectivity index (χ2v) is 8.22. The summed E-state index contributed by atoms with van der Waals surface area (Å²) in [6.07, 6.45) is 0.497. The van der Waals surface area contributed by atoms with Crippen molar-refractivity contribution in [2.45, 2.75) is 31.4 Å². The molecule has 3 heterocycles. The van der Waals surface area contributed by atoms with Gasteiger partial charge in [-0.15, -0.1) is 0 Å². The van der Waals surface area contributed by atoms with Gasteiger partial charge in [0.05, 0.1) is 17.5 Å². The molecule has 1 atom stereocenters. The van der Waals surface area contributed by atoms with Gasteiger partial charge in [0.1, 0.15) is 16.4 Å². The molecule has 35 heavy (non-hydrogen) atoms. The van der Waals surface area contributed by atoms with Crippen LogP contribution >= 0.6 is 11.6 Å². The van der Waals surface area contributed by atoms with Crippen molar-refractivity contribution < 1.29 is 23.1 Å². The van der Waals surface area contributed by atoms with E-state index < -0.39 is 23.1 Å². The number of nitrogens with zero attached hydrogens (tertiary/aromatic N) is 4. The first-order valence-electron chi connectivity index (χ1n) is 10.6. The molecule has 0 radical (unpaired) electrons. The van der Waals surface area contributed by atoms with E-state index in [1.54, 1.807) is 25.3 Å². The number of fused-ring (bicyclic) bond motifs is 1. The monoisotopic (exact) mass is 504 g/mol. The van der Waals surface area contributed by atoms with Crippen molar-refractivity contribution in [2.75, 3.05) is 11.9 Å². The molecule has 182 valence electrons. The van der Waals surface area contributed by atoms with Gasteiger partial charge in [0.25, 0.3) is 0 Å². The van der Waals surface area contributed by atoms with Crippen LogP contribution in [0.15, 0.2) is 48.9 Å².